The van der Waals surface area contributed by atoms with E-state index >= 15 is 0 Å². The molecule has 0 bridgehead atoms. The first-order valence-electron chi connectivity index (χ1n) is 10.1. The summed E-state index contributed by atoms with van der Waals surface area (Å²) in [4.78, 5) is 40.6. The van der Waals surface area contributed by atoms with E-state index in [1.54, 1.807) is 13.0 Å². The first-order chi connectivity index (χ1) is 13.5. The molecule has 2 aliphatic heterocycles. The summed E-state index contributed by atoms with van der Waals surface area (Å²) in [6.07, 6.45) is 4.01. The summed E-state index contributed by atoms with van der Waals surface area (Å²) in [6, 6.07) is 5.20. The summed E-state index contributed by atoms with van der Waals surface area (Å²) in [7, 11) is 0. The van der Waals surface area contributed by atoms with Gasteiger partial charge in [-0.15, -0.1) is 0 Å². The lowest BCUT2D eigenvalue weighted by Gasteiger charge is -2.32. The minimum atomic E-state index is -0.315. The van der Waals surface area contributed by atoms with Gasteiger partial charge in [0.25, 0.3) is 5.91 Å². The van der Waals surface area contributed by atoms with Gasteiger partial charge in [0.15, 0.2) is 0 Å². The van der Waals surface area contributed by atoms with Gasteiger partial charge in [-0.05, 0) is 50.2 Å². The number of nitrogens with one attached hydrogen (secondary N) is 2. The number of piperidine rings is 1. The van der Waals surface area contributed by atoms with Crippen LogP contribution in [-0.2, 0) is 4.79 Å². The molecule has 2 saturated heterocycles. The van der Waals surface area contributed by atoms with Gasteiger partial charge >= 0.3 is 6.03 Å². The number of para-hydroxylation sites is 1. The minimum absolute atomic E-state index is 0.0270. The molecule has 0 spiro atoms. The quantitative estimate of drug-likeness (QED) is 0.835. The number of amides is 4. The van der Waals surface area contributed by atoms with Crippen molar-refractivity contribution in [3.8, 4) is 0 Å². The largest absolute Gasteiger partial charge is 0.343 e. The molecule has 7 nitrogen and oxygen atoms in total. The van der Waals surface area contributed by atoms with Crippen molar-refractivity contribution in [1.29, 1.82) is 0 Å². The maximum Gasteiger partial charge on any atom is 0.319 e. The van der Waals surface area contributed by atoms with Crippen LogP contribution in [0.3, 0.4) is 0 Å². The average molecular weight is 386 g/mol. The zero-order valence-electron chi connectivity index (χ0n) is 16.8. The van der Waals surface area contributed by atoms with Crippen molar-refractivity contribution in [2.45, 2.75) is 39.5 Å². The van der Waals surface area contributed by atoms with Crippen molar-refractivity contribution in [3.05, 3.63) is 29.3 Å². The Balaban J connectivity index is 1.60. The van der Waals surface area contributed by atoms with E-state index in [1.165, 1.54) is 0 Å². The van der Waals surface area contributed by atoms with Crippen molar-refractivity contribution in [2.24, 2.45) is 5.92 Å². The maximum atomic E-state index is 12.8. The Morgan fingerprint density at radius 2 is 1.79 bits per heavy atom. The number of hydrogen-bond acceptors (Lipinski definition) is 3. The van der Waals surface area contributed by atoms with Gasteiger partial charge in [-0.25, -0.2) is 4.79 Å². The van der Waals surface area contributed by atoms with Gasteiger partial charge in [0.2, 0.25) is 5.91 Å². The number of urea groups is 1. The summed E-state index contributed by atoms with van der Waals surface area (Å²) in [6.45, 7) is 7.00. The molecule has 0 radical (unpaired) electrons. The summed E-state index contributed by atoms with van der Waals surface area (Å²) >= 11 is 0. The van der Waals surface area contributed by atoms with Crippen LogP contribution in [0.2, 0.25) is 0 Å². The minimum Gasteiger partial charge on any atom is -0.343 e. The first-order valence-corrected chi connectivity index (χ1v) is 10.1. The van der Waals surface area contributed by atoms with Crippen molar-refractivity contribution in [2.75, 3.05) is 38.0 Å². The number of nitrogens with zero attached hydrogens (tertiary/aromatic N) is 2. The molecule has 152 valence electrons. The predicted molar refractivity (Wildman–Crippen MR) is 108 cm³/mol. The zero-order valence-corrected chi connectivity index (χ0v) is 16.8. The molecule has 1 unspecified atom stereocenters. The third-order valence-corrected chi connectivity index (χ3v) is 5.65. The van der Waals surface area contributed by atoms with Gasteiger partial charge in [-0.3, -0.25) is 9.59 Å². The SMILES string of the molecule is CC(=O)N1CCCC(CNC(=O)Nc2c(C)cccc2C(=O)N2CCCC2)C1. The van der Waals surface area contributed by atoms with Gasteiger partial charge < -0.3 is 20.4 Å². The second kappa shape index (κ2) is 9.08. The fourth-order valence-electron chi connectivity index (χ4n) is 4.01. The molecule has 0 aliphatic carbocycles. The van der Waals surface area contributed by atoms with Crippen LogP contribution in [0, 0.1) is 12.8 Å². The second-order valence-electron chi connectivity index (χ2n) is 7.81. The highest BCUT2D eigenvalue weighted by molar-refractivity contribution is 6.04. The van der Waals surface area contributed by atoms with Gasteiger partial charge in [-0.1, -0.05) is 12.1 Å². The molecule has 3 rings (SSSR count). The van der Waals surface area contributed by atoms with Crippen molar-refractivity contribution < 1.29 is 14.4 Å². The van der Waals surface area contributed by atoms with Crippen LogP contribution in [0.25, 0.3) is 0 Å². The predicted octanol–water partition coefficient (Wildman–Crippen LogP) is 2.61. The average Bonchev–Trinajstić information content (AvgIpc) is 3.22. The van der Waals surface area contributed by atoms with E-state index in [0.29, 0.717) is 24.3 Å². The fourth-order valence-corrected chi connectivity index (χ4v) is 4.01. The van der Waals surface area contributed by atoms with E-state index in [4.69, 9.17) is 0 Å². The fraction of sp³-hybridized carbons (Fsp3) is 0.571. The Bertz CT molecular complexity index is 743. The Kier molecular flexibility index (Phi) is 6.54. The Labute approximate surface area is 166 Å². The number of hydrogen-bond donors (Lipinski definition) is 2. The lowest BCUT2D eigenvalue weighted by Crippen LogP contribution is -2.43. The van der Waals surface area contributed by atoms with Crippen LogP contribution in [0.5, 0.6) is 0 Å². The molecule has 1 atom stereocenters. The number of likely N-dealkylation sites (tertiary alicyclic amines) is 2. The van der Waals surface area contributed by atoms with E-state index in [9.17, 15) is 14.4 Å². The normalized spacial score (nSPS) is 19.4. The molecule has 2 aliphatic rings. The number of benzene rings is 1. The molecule has 28 heavy (non-hydrogen) atoms. The number of anilines is 1. The van der Waals surface area contributed by atoms with Crippen molar-refractivity contribution >= 4 is 23.5 Å². The second-order valence-corrected chi connectivity index (χ2v) is 7.81. The standard InChI is InChI=1S/C21H30N4O3/c1-15-7-5-9-18(20(27)24-10-3-4-11-24)19(15)23-21(28)22-13-17-8-6-12-25(14-17)16(2)26/h5,7,9,17H,3-4,6,8,10-14H2,1-2H3,(H2,22,23,28). The molecule has 4 amide bonds. The van der Waals surface area contributed by atoms with Crippen LogP contribution in [-0.4, -0.2) is 60.4 Å². The highest BCUT2D eigenvalue weighted by atomic mass is 16.2. The van der Waals surface area contributed by atoms with E-state index in [-0.39, 0.29) is 23.8 Å². The molecule has 0 saturated carbocycles. The van der Waals surface area contributed by atoms with Crippen LogP contribution in [0.1, 0.15) is 48.5 Å². The maximum absolute atomic E-state index is 12.8. The van der Waals surface area contributed by atoms with Crippen LogP contribution >= 0.6 is 0 Å². The molecular formula is C21H30N4O3. The summed E-state index contributed by atoms with van der Waals surface area (Å²) in [5.41, 5.74) is 1.98. The van der Waals surface area contributed by atoms with E-state index in [0.717, 1.165) is 50.9 Å². The number of aryl methyl sites for hydroxylation is 1. The molecule has 1 aromatic carbocycles. The first kappa shape index (κ1) is 20.2. The third-order valence-electron chi connectivity index (χ3n) is 5.65. The summed E-state index contributed by atoms with van der Waals surface area (Å²) < 4.78 is 0. The third kappa shape index (κ3) is 4.82. The Morgan fingerprint density at radius 1 is 1.07 bits per heavy atom. The monoisotopic (exact) mass is 386 g/mol. The van der Waals surface area contributed by atoms with Crippen molar-refractivity contribution in [3.63, 3.8) is 0 Å². The highest BCUT2D eigenvalue weighted by Crippen LogP contribution is 2.24. The van der Waals surface area contributed by atoms with Crippen molar-refractivity contribution in [1.82, 2.24) is 15.1 Å². The molecule has 2 N–H and O–H groups in total. The summed E-state index contributed by atoms with van der Waals surface area (Å²) in [5.74, 6) is 0.311. The van der Waals surface area contributed by atoms with Crippen LogP contribution < -0.4 is 10.6 Å². The van der Waals surface area contributed by atoms with E-state index in [1.807, 2.05) is 28.9 Å². The van der Waals surface area contributed by atoms with Crippen LogP contribution in [0.4, 0.5) is 10.5 Å². The Morgan fingerprint density at radius 3 is 2.50 bits per heavy atom. The number of carbonyl (C=O) groups is 3. The molecule has 2 fully saturated rings. The topological polar surface area (TPSA) is 81.8 Å². The van der Waals surface area contributed by atoms with Crippen LogP contribution in [0.15, 0.2) is 18.2 Å². The van der Waals surface area contributed by atoms with Gasteiger partial charge in [0.1, 0.15) is 0 Å². The lowest BCUT2D eigenvalue weighted by molar-refractivity contribution is -0.130. The molecule has 1 aromatic rings. The Hall–Kier alpha value is -2.57. The zero-order chi connectivity index (χ0) is 20.1. The van der Waals surface area contributed by atoms with Gasteiger partial charge in [0.05, 0.1) is 11.3 Å². The number of rotatable bonds is 4. The van der Waals surface area contributed by atoms with E-state index in [2.05, 4.69) is 10.6 Å². The highest BCUT2D eigenvalue weighted by Gasteiger charge is 2.24. The van der Waals surface area contributed by atoms with E-state index < -0.39 is 0 Å². The lowest BCUT2D eigenvalue weighted by atomic mass is 9.98. The summed E-state index contributed by atoms with van der Waals surface area (Å²) in [5, 5.41) is 5.79. The smallest absolute Gasteiger partial charge is 0.319 e. The number of carbonyl (C=O) groups excluding carboxylic acids is 3. The molecule has 0 aromatic heterocycles. The van der Waals surface area contributed by atoms with Gasteiger partial charge in [0, 0.05) is 39.6 Å². The molecule has 7 heteroatoms. The molecule has 2 heterocycles. The van der Waals surface area contributed by atoms with Gasteiger partial charge in [-0.2, -0.15) is 0 Å². The molecular weight excluding hydrogens is 356 g/mol.